The normalized spacial score (nSPS) is 11.0. The van der Waals surface area contributed by atoms with Crippen molar-refractivity contribution in [2.75, 3.05) is 11.1 Å². The van der Waals surface area contributed by atoms with Crippen molar-refractivity contribution in [2.45, 2.75) is 4.90 Å². The molecule has 1 aromatic heterocycles. The van der Waals surface area contributed by atoms with E-state index in [1.54, 1.807) is 10.8 Å². The molecule has 0 saturated carbocycles. The molecular formula is C10H8Cl2N6O3S. The molecule has 0 aliphatic carbocycles. The lowest BCUT2D eigenvalue weighted by Gasteiger charge is -2.09. The smallest absolute Gasteiger partial charge is 0.335 e. The molecule has 2 amide bonds. The molecule has 116 valence electrons. The molecule has 9 nitrogen and oxygen atoms in total. The van der Waals surface area contributed by atoms with Crippen molar-refractivity contribution in [3.05, 3.63) is 34.6 Å². The van der Waals surface area contributed by atoms with Crippen molar-refractivity contribution in [1.29, 1.82) is 0 Å². The van der Waals surface area contributed by atoms with Gasteiger partial charge in [0.15, 0.2) is 0 Å². The third kappa shape index (κ3) is 3.93. The fraction of sp³-hybridized carbons (Fsp3) is 0. The summed E-state index contributed by atoms with van der Waals surface area (Å²) in [6, 6.07) is 4.53. The highest BCUT2D eigenvalue weighted by Gasteiger charge is 2.21. The van der Waals surface area contributed by atoms with Gasteiger partial charge >= 0.3 is 6.03 Å². The Morgan fingerprint density at radius 1 is 1.14 bits per heavy atom. The molecule has 1 aromatic carbocycles. The molecule has 2 aromatic rings. The van der Waals surface area contributed by atoms with Crippen LogP contribution in [0.3, 0.4) is 0 Å². The van der Waals surface area contributed by atoms with Crippen LogP contribution in [0.5, 0.6) is 0 Å². The number of carbonyl (C=O) groups is 1. The number of aromatic nitrogens is 3. The van der Waals surface area contributed by atoms with Crippen LogP contribution in [0.15, 0.2) is 29.2 Å². The molecule has 0 spiro atoms. The number of rotatable bonds is 3. The molecule has 0 radical (unpaired) electrons. The van der Waals surface area contributed by atoms with E-state index in [-0.39, 0.29) is 27.1 Å². The predicted molar refractivity (Wildman–Crippen MR) is 80.0 cm³/mol. The van der Waals surface area contributed by atoms with Gasteiger partial charge in [-0.1, -0.05) is 23.7 Å². The van der Waals surface area contributed by atoms with E-state index >= 15 is 0 Å². The molecular weight excluding hydrogens is 355 g/mol. The first kappa shape index (κ1) is 16.2. The number of nitrogens with one attached hydrogen (secondary N) is 2. The SMILES string of the molecule is Nc1nc(Cl)nc(NC(=O)NS(=O)(=O)c2ccccc2Cl)n1. The molecule has 0 unspecified atom stereocenters. The number of halogens is 2. The minimum absolute atomic E-state index is 0.0322. The largest absolute Gasteiger partial charge is 0.368 e. The highest BCUT2D eigenvalue weighted by Crippen LogP contribution is 2.20. The zero-order chi connectivity index (χ0) is 16.3. The molecule has 0 bridgehead atoms. The van der Waals surface area contributed by atoms with E-state index in [9.17, 15) is 13.2 Å². The molecule has 0 fully saturated rings. The fourth-order valence-corrected chi connectivity index (χ4v) is 2.98. The number of nitrogen functional groups attached to an aromatic ring is 1. The minimum atomic E-state index is -4.16. The molecule has 0 aliphatic rings. The predicted octanol–water partition coefficient (Wildman–Crippen LogP) is 1.27. The van der Waals surface area contributed by atoms with Gasteiger partial charge in [-0.05, 0) is 23.7 Å². The molecule has 22 heavy (non-hydrogen) atoms. The van der Waals surface area contributed by atoms with Crippen LogP contribution in [-0.2, 0) is 10.0 Å². The summed E-state index contributed by atoms with van der Waals surface area (Å²) in [5.41, 5.74) is 5.32. The number of anilines is 2. The number of hydrogen-bond donors (Lipinski definition) is 3. The number of amides is 2. The Labute approximate surface area is 134 Å². The second-order valence-electron chi connectivity index (χ2n) is 3.78. The quantitative estimate of drug-likeness (QED) is 0.746. The average molecular weight is 363 g/mol. The van der Waals surface area contributed by atoms with E-state index in [0.717, 1.165) is 0 Å². The van der Waals surface area contributed by atoms with Gasteiger partial charge in [0.25, 0.3) is 10.0 Å². The van der Waals surface area contributed by atoms with E-state index in [4.69, 9.17) is 28.9 Å². The summed E-state index contributed by atoms with van der Waals surface area (Å²) in [5.74, 6) is -0.534. The van der Waals surface area contributed by atoms with E-state index in [0.29, 0.717) is 0 Å². The summed E-state index contributed by atoms with van der Waals surface area (Å²) >= 11 is 11.3. The standard InChI is InChI=1S/C10H8Cl2N6O3S/c11-5-3-1-2-4-6(5)22(20,21)18-10(19)17-9-15-7(12)14-8(13)16-9/h1-4H,(H4,13,14,15,16,17,18,19). The maximum Gasteiger partial charge on any atom is 0.335 e. The molecule has 1 heterocycles. The van der Waals surface area contributed by atoms with E-state index in [1.165, 1.54) is 18.2 Å². The van der Waals surface area contributed by atoms with Crippen LogP contribution >= 0.6 is 23.2 Å². The van der Waals surface area contributed by atoms with Gasteiger partial charge in [0.2, 0.25) is 17.2 Å². The number of carbonyl (C=O) groups excluding carboxylic acids is 1. The van der Waals surface area contributed by atoms with Crippen LogP contribution in [-0.4, -0.2) is 29.4 Å². The first-order valence-electron chi connectivity index (χ1n) is 5.53. The Hall–Kier alpha value is -2.17. The lowest BCUT2D eigenvalue weighted by atomic mass is 10.4. The second kappa shape index (κ2) is 6.30. The minimum Gasteiger partial charge on any atom is -0.368 e. The van der Waals surface area contributed by atoms with Crippen LogP contribution in [0.1, 0.15) is 0 Å². The van der Waals surface area contributed by atoms with Gasteiger partial charge in [-0.3, -0.25) is 5.32 Å². The van der Waals surface area contributed by atoms with E-state index < -0.39 is 16.1 Å². The Morgan fingerprint density at radius 2 is 1.82 bits per heavy atom. The Morgan fingerprint density at radius 3 is 2.45 bits per heavy atom. The fourth-order valence-electron chi connectivity index (χ4n) is 1.39. The van der Waals surface area contributed by atoms with Gasteiger partial charge in [-0.25, -0.2) is 17.9 Å². The zero-order valence-electron chi connectivity index (χ0n) is 10.6. The van der Waals surface area contributed by atoms with Crippen LogP contribution in [0.4, 0.5) is 16.7 Å². The number of nitrogens with two attached hydrogens (primary N) is 1. The lowest BCUT2D eigenvalue weighted by molar-refractivity contribution is 0.256. The highest BCUT2D eigenvalue weighted by atomic mass is 35.5. The van der Waals surface area contributed by atoms with Gasteiger partial charge in [-0.15, -0.1) is 0 Å². The summed E-state index contributed by atoms with van der Waals surface area (Å²) in [7, 11) is -4.16. The van der Waals surface area contributed by atoms with Crippen molar-refractivity contribution in [3.8, 4) is 0 Å². The summed E-state index contributed by atoms with van der Waals surface area (Å²) < 4.78 is 25.8. The molecule has 2 rings (SSSR count). The molecule has 0 aliphatic heterocycles. The number of sulfonamides is 1. The van der Waals surface area contributed by atoms with Crippen molar-refractivity contribution in [1.82, 2.24) is 19.7 Å². The number of benzene rings is 1. The maximum atomic E-state index is 12.0. The van der Waals surface area contributed by atoms with Crippen LogP contribution in [0.2, 0.25) is 10.3 Å². The third-order valence-corrected chi connectivity index (χ3v) is 4.20. The van der Waals surface area contributed by atoms with Crippen LogP contribution < -0.4 is 15.8 Å². The van der Waals surface area contributed by atoms with Crippen molar-refractivity contribution in [3.63, 3.8) is 0 Å². The third-order valence-electron chi connectivity index (χ3n) is 2.20. The summed E-state index contributed by atoms with van der Waals surface area (Å²) in [6.07, 6.45) is 0. The Balaban J connectivity index is 2.16. The van der Waals surface area contributed by atoms with E-state index in [1.807, 2.05) is 0 Å². The summed E-state index contributed by atoms with van der Waals surface area (Å²) in [6.45, 7) is 0. The highest BCUT2D eigenvalue weighted by molar-refractivity contribution is 7.90. The van der Waals surface area contributed by atoms with Gasteiger partial charge in [-0.2, -0.15) is 15.0 Å². The van der Waals surface area contributed by atoms with Crippen LogP contribution in [0.25, 0.3) is 0 Å². The Bertz CT molecular complexity index is 809. The van der Waals surface area contributed by atoms with Gasteiger partial charge < -0.3 is 5.73 Å². The summed E-state index contributed by atoms with van der Waals surface area (Å²) in [5, 5.41) is 1.78. The van der Waals surface area contributed by atoms with Gasteiger partial charge in [0.1, 0.15) is 4.90 Å². The molecule has 4 N–H and O–H groups in total. The maximum absolute atomic E-state index is 12.0. The van der Waals surface area contributed by atoms with Gasteiger partial charge in [0, 0.05) is 0 Å². The van der Waals surface area contributed by atoms with Crippen molar-refractivity contribution < 1.29 is 13.2 Å². The number of hydrogen-bond acceptors (Lipinski definition) is 7. The lowest BCUT2D eigenvalue weighted by Crippen LogP contribution is -2.35. The average Bonchev–Trinajstić information content (AvgIpc) is 2.36. The molecule has 12 heteroatoms. The molecule has 0 saturated heterocycles. The van der Waals surface area contributed by atoms with E-state index in [2.05, 4.69) is 20.3 Å². The van der Waals surface area contributed by atoms with Crippen molar-refractivity contribution >= 4 is 51.2 Å². The van der Waals surface area contributed by atoms with Gasteiger partial charge in [0.05, 0.1) is 5.02 Å². The number of urea groups is 1. The van der Waals surface area contributed by atoms with Crippen molar-refractivity contribution in [2.24, 2.45) is 0 Å². The zero-order valence-corrected chi connectivity index (χ0v) is 12.9. The second-order valence-corrected chi connectivity index (χ2v) is 6.17. The topological polar surface area (TPSA) is 140 Å². The number of nitrogens with zero attached hydrogens (tertiary/aromatic N) is 3. The monoisotopic (exact) mass is 362 g/mol. The first-order chi connectivity index (χ1) is 10.3. The summed E-state index contributed by atoms with van der Waals surface area (Å²) in [4.78, 5) is 22.1. The molecule has 0 atom stereocenters. The van der Waals surface area contributed by atoms with Crippen LogP contribution in [0, 0.1) is 0 Å². The first-order valence-corrected chi connectivity index (χ1v) is 7.77. The Kier molecular flexibility index (Phi) is 4.64.